The van der Waals surface area contributed by atoms with Crippen LogP contribution in [-0.4, -0.2) is 4.98 Å². The zero-order chi connectivity index (χ0) is 11.8. The predicted octanol–water partition coefficient (Wildman–Crippen LogP) is 5.22. The number of aromatic nitrogens is 1. The highest BCUT2D eigenvalue weighted by Crippen LogP contribution is 2.30. The first-order valence-electron chi connectivity index (χ1n) is 5.03. The lowest BCUT2D eigenvalue weighted by atomic mass is 10.1. The summed E-state index contributed by atoms with van der Waals surface area (Å²) in [6.45, 7) is 0. The van der Waals surface area contributed by atoms with Gasteiger partial charge in [-0.25, -0.2) is 4.98 Å². The summed E-state index contributed by atoms with van der Waals surface area (Å²) in [6.07, 6.45) is 0. The largest absolute Gasteiger partial charge is 0.245 e. The topological polar surface area (TPSA) is 12.9 Å². The van der Waals surface area contributed by atoms with E-state index in [-0.39, 0.29) is 0 Å². The fraction of sp³-hybridized carbons (Fsp3) is 0. The third-order valence-corrected chi connectivity index (χ3v) is 4.56. The fourth-order valence-electron chi connectivity index (χ4n) is 1.74. The van der Waals surface area contributed by atoms with Gasteiger partial charge in [0.1, 0.15) is 0 Å². The number of fused-ring (bicyclic) bond motifs is 1. The van der Waals surface area contributed by atoms with Crippen LogP contribution in [0.2, 0.25) is 5.02 Å². The van der Waals surface area contributed by atoms with E-state index in [1.807, 2.05) is 23.7 Å². The van der Waals surface area contributed by atoms with Gasteiger partial charge in [0.25, 0.3) is 0 Å². The van der Waals surface area contributed by atoms with Crippen molar-refractivity contribution in [2.45, 2.75) is 0 Å². The molecular weight excluding hydrogens is 365 g/mol. The maximum absolute atomic E-state index is 6.05. The summed E-state index contributed by atoms with van der Waals surface area (Å²) in [5, 5.41) is 0.763. The Labute approximate surface area is 122 Å². The molecule has 0 atom stereocenters. The van der Waals surface area contributed by atoms with Crippen molar-refractivity contribution in [1.29, 1.82) is 0 Å². The van der Waals surface area contributed by atoms with Gasteiger partial charge in [0.2, 0.25) is 0 Å². The Balaban J connectivity index is 2.22. The molecule has 0 aliphatic rings. The number of hydrogen-bond donors (Lipinski definition) is 0. The molecule has 0 aliphatic carbocycles. The molecule has 0 aliphatic heterocycles. The first-order chi connectivity index (χ1) is 8.24. The number of hydrogen-bond acceptors (Lipinski definition) is 2. The maximum Gasteiger partial charge on any atom is 0.0818 e. The number of nitrogens with zero attached hydrogens (tertiary/aromatic N) is 1. The third kappa shape index (κ3) is 2.19. The van der Waals surface area contributed by atoms with Crippen molar-refractivity contribution in [1.82, 2.24) is 4.98 Å². The van der Waals surface area contributed by atoms with Crippen molar-refractivity contribution in [3.63, 3.8) is 0 Å². The van der Waals surface area contributed by atoms with E-state index < -0.39 is 0 Å². The van der Waals surface area contributed by atoms with Gasteiger partial charge in [-0.1, -0.05) is 17.7 Å². The van der Waals surface area contributed by atoms with Crippen molar-refractivity contribution in [2.75, 3.05) is 0 Å². The lowest BCUT2D eigenvalue weighted by molar-refractivity contribution is 1.49. The van der Waals surface area contributed by atoms with E-state index in [2.05, 4.69) is 45.8 Å². The van der Waals surface area contributed by atoms with Crippen molar-refractivity contribution in [3.8, 4) is 11.1 Å². The van der Waals surface area contributed by atoms with Gasteiger partial charge in [-0.15, -0.1) is 11.3 Å². The first-order valence-corrected chi connectivity index (χ1v) is 7.36. The average Bonchev–Trinajstić information content (AvgIpc) is 2.79. The lowest BCUT2D eigenvalue weighted by Gasteiger charge is -2.05. The molecule has 2 aromatic carbocycles. The number of thiazole rings is 1. The molecule has 1 heterocycles. The molecule has 0 unspecified atom stereocenters. The van der Waals surface area contributed by atoms with Crippen LogP contribution in [0, 0.1) is 3.57 Å². The molecule has 0 N–H and O–H groups in total. The summed E-state index contributed by atoms with van der Waals surface area (Å²) in [5.41, 5.74) is 5.24. The van der Waals surface area contributed by atoms with E-state index in [1.165, 1.54) is 8.27 Å². The Bertz CT molecular complexity index is 693. The third-order valence-electron chi connectivity index (χ3n) is 2.57. The van der Waals surface area contributed by atoms with Gasteiger partial charge in [0, 0.05) is 8.59 Å². The van der Waals surface area contributed by atoms with Gasteiger partial charge < -0.3 is 0 Å². The SMILES string of the molecule is Clc1ccc(I)c(-c2ccc3scnc3c2)c1. The van der Waals surface area contributed by atoms with Crippen LogP contribution in [0.3, 0.4) is 0 Å². The van der Waals surface area contributed by atoms with Gasteiger partial charge in [-0.05, 0) is 64.0 Å². The molecule has 84 valence electrons. The van der Waals surface area contributed by atoms with Gasteiger partial charge in [-0.3, -0.25) is 0 Å². The number of halogens is 2. The Hall–Kier alpha value is -0.650. The summed E-state index contributed by atoms with van der Waals surface area (Å²) in [5.74, 6) is 0. The first kappa shape index (κ1) is 11.4. The summed E-state index contributed by atoms with van der Waals surface area (Å²) in [7, 11) is 0. The van der Waals surface area contributed by atoms with E-state index in [1.54, 1.807) is 11.3 Å². The molecule has 3 aromatic rings. The van der Waals surface area contributed by atoms with Crippen LogP contribution in [0.4, 0.5) is 0 Å². The summed E-state index contributed by atoms with van der Waals surface area (Å²) < 4.78 is 2.41. The minimum atomic E-state index is 0.763. The fourth-order valence-corrected chi connectivity index (χ4v) is 3.22. The van der Waals surface area contributed by atoms with Crippen LogP contribution in [0.1, 0.15) is 0 Å². The molecule has 0 amide bonds. The van der Waals surface area contributed by atoms with E-state index in [0.717, 1.165) is 21.7 Å². The van der Waals surface area contributed by atoms with Crippen LogP contribution in [0.5, 0.6) is 0 Å². The van der Waals surface area contributed by atoms with Crippen LogP contribution in [0.25, 0.3) is 21.3 Å². The molecule has 0 spiro atoms. The van der Waals surface area contributed by atoms with Crippen LogP contribution < -0.4 is 0 Å². The van der Waals surface area contributed by atoms with Gasteiger partial charge >= 0.3 is 0 Å². The Kier molecular flexibility index (Phi) is 3.06. The Morgan fingerprint density at radius 1 is 1.12 bits per heavy atom. The number of benzene rings is 2. The Morgan fingerprint density at radius 2 is 2.00 bits per heavy atom. The van der Waals surface area contributed by atoms with Crippen molar-refractivity contribution >= 4 is 55.7 Å². The van der Waals surface area contributed by atoms with Crippen molar-refractivity contribution in [2.24, 2.45) is 0 Å². The molecule has 0 saturated heterocycles. The molecule has 0 saturated carbocycles. The molecule has 3 rings (SSSR count). The van der Waals surface area contributed by atoms with Crippen molar-refractivity contribution in [3.05, 3.63) is 50.5 Å². The maximum atomic E-state index is 6.05. The smallest absolute Gasteiger partial charge is 0.0818 e. The highest BCUT2D eigenvalue weighted by Gasteiger charge is 2.06. The average molecular weight is 372 g/mol. The zero-order valence-corrected chi connectivity index (χ0v) is 12.4. The highest BCUT2D eigenvalue weighted by molar-refractivity contribution is 14.1. The van der Waals surface area contributed by atoms with Gasteiger partial charge in [0.15, 0.2) is 0 Å². The normalized spacial score (nSPS) is 10.9. The van der Waals surface area contributed by atoms with E-state index >= 15 is 0 Å². The van der Waals surface area contributed by atoms with Crippen LogP contribution >= 0.6 is 45.5 Å². The molecule has 17 heavy (non-hydrogen) atoms. The molecule has 1 nitrogen and oxygen atoms in total. The van der Waals surface area contributed by atoms with E-state index in [4.69, 9.17) is 11.6 Å². The second-order valence-electron chi connectivity index (χ2n) is 3.66. The number of rotatable bonds is 1. The second-order valence-corrected chi connectivity index (χ2v) is 6.14. The summed E-state index contributed by atoms with van der Waals surface area (Å²) in [6, 6.07) is 12.3. The highest BCUT2D eigenvalue weighted by atomic mass is 127. The molecular formula is C13H7ClINS. The minimum Gasteiger partial charge on any atom is -0.245 e. The molecule has 4 heteroatoms. The standard InChI is InChI=1S/C13H7ClINS/c14-9-2-3-11(15)10(6-9)8-1-4-13-12(5-8)16-7-17-13/h1-7H. The van der Waals surface area contributed by atoms with E-state index in [9.17, 15) is 0 Å². The molecule has 0 fully saturated rings. The van der Waals surface area contributed by atoms with E-state index in [0.29, 0.717) is 0 Å². The molecule has 0 radical (unpaired) electrons. The lowest BCUT2D eigenvalue weighted by Crippen LogP contribution is -1.83. The monoisotopic (exact) mass is 371 g/mol. The zero-order valence-electron chi connectivity index (χ0n) is 8.65. The summed E-state index contributed by atoms with van der Waals surface area (Å²) in [4.78, 5) is 4.34. The second kappa shape index (κ2) is 4.55. The summed E-state index contributed by atoms with van der Waals surface area (Å²) >= 11 is 10.0. The molecule has 0 bridgehead atoms. The van der Waals surface area contributed by atoms with Gasteiger partial charge in [-0.2, -0.15) is 0 Å². The van der Waals surface area contributed by atoms with Crippen molar-refractivity contribution < 1.29 is 0 Å². The van der Waals surface area contributed by atoms with Gasteiger partial charge in [0.05, 0.1) is 15.7 Å². The molecule has 1 aromatic heterocycles. The van der Waals surface area contributed by atoms with Crippen LogP contribution in [0.15, 0.2) is 41.9 Å². The van der Waals surface area contributed by atoms with Crippen LogP contribution in [-0.2, 0) is 0 Å². The minimum absolute atomic E-state index is 0.763. The predicted molar refractivity (Wildman–Crippen MR) is 82.8 cm³/mol. The quantitative estimate of drug-likeness (QED) is 0.534. The Morgan fingerprint density at radius 3 is 2.88 bits per heavy atom.